The van der Waals surface area contributed by atoms with E-state index in [1.807, 2.05) is 0 Å². The molecule has 0 spiro atoms. The van der Waals surface area contributed by atoms with Gasteiger partial charge in [-0.2, -0.15) is 0 Å². The highest BCUT2D eigenvalue weighted by Gasteiger charge is 2.11. The number of nitrogens with one attached hydrogen (secondary N) is 2. The van der Waals surface area contributed by atoms with E-state index in [4.69, 9.17) is 4.74 Å². The normalized spacial score (nSPS) is 10.2. The number of aromatic nitrogens is 1. The predicted molar refractivity (Wildman–Crippen MR) is 99.4 cm³/mol. The second-order valence-electron chi connectivity index (χ2n) is 5.76. The molecule has 0 radical (unpaired) electrons. The quantitative estimate of drug-likeness (QED) is 0.686. The molecule has 2 amide bonds. The van der Waals surface area contributed by atoms with Gasteiger partial charge in [0, 0.05) is 24.8 Å². The molecule has 6 nitrogen and oxygen atoms in total. The molecule has 0 atom stereocenters. The average molecular weight is 383 g/mol. The lowest BCUT2D eigenvalue weighted by Crippen LogP contribution is -2.15. The number of carbonyl (C=O) groups excluding carboxylic acids is 2. The van der Waals surface area contributed by atoms with Crippen molar-refractivity contribution in [2.75, 3.05) is 10.6 Å². The van der Waals surface area contributed by atoms with Crippen molar-refractivity contribution < 1.29 is 23.1 Å². The summed E-state index contributed by atoms with van der Waals surface area (Å²) < 4.78 is 31.6. The Morgan fingerprint density at radius 1 is 0.893 bits per heavy atom. The maximum absolute atomic E-state index is 13.2. The summed E-state index contributed by atoms with van der Waals surface area (Å²) in [4.78, 5) is 27.6. The van der Waals surface area contributed by atoms with E-state index in [9.17, 15) is 18.4 Å². The number of amides is 2. The molecule has 142 valence electrons. The Kier molecular flexibility index (Phi) is 5.59. The monoisotopic (exact) mass is 383 g/mol. The summed E-state index contributed by atoms with van der Waals surface area (Å²) in [5.41, 5.74) is 1.11. The van der Waals surface area contributed by atoms with Crippen molar-refractivity contribution in [1.82, 2.24) is 4.98 Å². The number of anilines is 2. The van der Waals surface area contributed by atoms with Crippen LogP contribution in [0.1, 0.15) is 17.3 Å². The van der Waals surface area contributed by atoms with Crippen molar-refractivity contribution in [3.63, 3.8) is 0 Å². The van der Waals surface area contributed by atoms with Gasteiger partial charge in [0.05, 0.1) is 17.6 Å². The van der Waals surface area contributed by atoms with Crippen LogP contribution in [0.4, 0.5) is 20.2 Å². The van der Waals surface area contributed by atoms with Crippen LogP contribution in [0.15, 0.2) is 60.9 Å². The van der Waals surface area contributed by atoms with Crippen molar-refractivity contribution in [3.8, 4) is 11.5 Å². The molecule has 3 aromatic rings. The minimum absolute atomic E-state index is 0.131. The first-order valence-corrected chi connectivity index (χ1v) is 8.18. The molecule has 8 heteroatoms. The van der Waals surface area contributed by atoms with Crippen molar-refractivity contribution in [3.05, 3.63) is 78.1 Å². The van der Waals surface area contributed by atoms with E-state index in [2.05, 4.69) is 15.6 Å². The fourth-order valence-corrected chi connectivity index (χ4v) is 2.34. The Hall–Kier alpha value is -3.81. The Labute approximate surface area is 159 Å². The zero-order chi connectivity index (χ0) is 20.1. The van der Waals surface area contributed by atoms with E-state index >= 15 is 0 Å². The zero-order valence-electron chi connectivity index (χ0n) is 14.7. The van der Waals surface area contributed by atoms with Crippen LogP contribution in [-0.2, 0) is 4.79 Å². The third kappa shape index (κ3) is 4.67. The fourth-order valence-electron chi connectivity index (χ4n) is 2.34. The fraction of sp³-hybridized carbons (Fsp3) is 0.0500. The molecular formula is C20H15F2N3O3. The van der Waals surface area contributed by atoms with Crippen LogP contribution in [0.3, 0.4) is 0 Å². The summed E-state index contributed by atoms with van der Waals surface area (Å²) in [7, 11) is 0. The molecule has 28 heavy (non-hydrogen) atoms. The van der Waals surface area contributed by atoms with Gasteiger partial charge in [0.15, 0.2) is 11.6 Å². The summed E-state index contributed by atoms with van der Waals surface area (Å²) in [6.45, 7) is 1.36. The SMILES string of the molecule is CC(=O)Nc1ccncc1NC(=O)c1ccc(Oc2ccc(F)c(F)c2)cc1. The lowest BCUT2D eigenvalue weighted by Gasteiger charge is -2.11. The highest BCUT2D eigenvalue weighted by Crippen LogP contribution is 2.24. The van der Waals surface area contributed by atoms with Gasteiger partial charge in [-0.25, -0.2) is 8.78 Å². The Balaban J connectivity index is 1.70. The number of hydrogen-bond donors (Lipinski definition) is 2. The van der Waals surface area contributed by atoms with Gasteiger partial charge in [-0.1, -0.05) is 0 Å². The van der Waals surface area contributed by atoms with Crippen LogP contribution >= 0.6 is 0 Å². The molecule has 2 N–H and O–H groups in total. The molecule has 0 aliphatic carbocycles. The number of halogens is 2. The second-order valence-corrected chi connectivity index (χ2v) is 5.76. The van der Waals surface area contributed by atoms with Gasteiger partial charge in [-0.3, -0.25) is 14.6 Å². The van der Waals surface area contributed by atoms with Gasteiger partial charge in [-0.15, -0.1) is 0 Å². The third-order valence-electron chi connectivity index (χ3n) is 3.62. The van der Waals surface area contributed by atoms with E-state index in [1.165, 1.54) is 49.6 Å². The highest BCUT2D eigenvalue weighted by atomic mass is 19.2. The summed E-state index contributed by atoms with van der Waals surface area (Å²) in [6, 6.07) is 10.8. The van der Waals surface area contributed by atoms with Crippen molar-refractivity contribution in [2.24, 2.45) is 0 Å². The molecule has 3 rings (SSSR count). The van der Waals surface area contributed by atoms with Crippen molar-refractivity contribution in [1.29, 1.82) is 0 Å². The third-order valence-corrected chi connectivity index (χ3v) is 3.62. The van der Waals surface area contributed by atoms with Crippen LogP contribution in [0, 0.1) is 11.6 Å². The molecule has 0 aliphatic heterocycles. The van der Waals surface area contributed by atoms with E-state index in [0.717, 1.165) is 12.1 Å². The summed E-state index contributed by atoms with van der Waals surface area (Å²) >= 11 is 0. The molecule has 0 bridgehead atoms. The van der Waals surface area contributed by atoms with Gasteiger partial charge in [0.2, 0.25) is 5.91 Å². The Bertz CT molecular complexity index is 1020. The van der Waals surface area contributed by atoms with Crippen LogP contribution in [0.2, 0.25) is 0 Å². The maximum Gasteiger partial charge on any atom is 0.255 e. The molecule has 0 saturated heterocycles. The maximum atomic E-state index is 13.2. The standard InChI is InChI=1S/C20H15F2N3O3/c1-12(26)24-18-8-9-23-11-19(18)25-20(27)13-2-4-14(5-3-13)28-15-6-7-16(21)17(22)10-15/h2-11H,1H3,(H,25,27)(H,23,24,26). The number of rotatable bonds is 5. The molecule has 1 aromatic heterocycles. The predicted octanol–water partition coefficient (Wildman–Crippen LogP) is 4.36. The minimum atomic E-state index is -1.01. The number of carbonyl (C=O) groups is 2. The Morgan fingerprint density at radius 3 is 2.29 bits per heavy atom. The van der Waals surface area contributed by atoms with E-state index in [0.29, 0.717) is 22.7 Å². The number of ether oxygens (including phenoxy) is 1. The van der Waals surface area contributed by atoms with E-state index in [1.54, 1.807) is 6.07 Å². The number of pyridine rings is 1. The summed E-state index contributed by atoms with van der Waals surface area (Å²) in [5.74, 6) is -2.19. The van der Waals surface area contributed by atoms with Crippen molar-refractivity contribution >= 4 is 23.2 Å². The molecule has 0 fully saturated rings. The van der Waals surface area contributed by atoms with Gasteiger partial charge < -0.3 is 15.4 Å². The molecule has 0 unspecified atom stereocenters. The lowest BCUT2D eigenvalue weighted by atomic mass is 10.2. The smallest absolute Gasteiger partial charge is 0.255 e. The van der Waals surface area contributed by atoms with Gasteiger partial charge >= 0.3 is 0 Å². The zero-order valence-corrected chi connectivity index (χ0v) is 14.7. The number of benzene rings is 2. The number of hydrogen-bond acceptors (Lipinski definition) is 4. The lowest BCUT2D eigenvalue weighted by molar-refractivity contribution is -0.114. The first-order valence-electron chi connectivity index (χ1n) is 8.18. The van der Waals surface area contributed by atoms with Crippen LogP contribution < -0.4 is 15.4 Å². The Morgan fingerprint density at radius 2 is 1.61 bits per heavy atom. The van der Waals surface area contributed by atoms with Gasteiger partial charge in [0.25, 0.3) is 5.91 Å². The largest absolute Gasteiger partial charge is 0.457 e. The van der Waals surface area contributed by atoms with Gasteiger partial charge in [-0.05, 0) is 42.5 Å². The second kappa shape index (κ2) is 8.26. The molecular weight excluding hydrogens is 368 g/mol. The summed E-state index contributed by atoms with van der Waals surface area (Å²) in [5, 5.41) is 5.27. The van der Waals surface area contributed by atoms with Gasteiger partial charge in [0.1, 0.15) is 11.5 Å². The van der Waals surface area contributed by atoms with Crippen LogP contribution in [0.25, 0.3) is 0 Å². The molecule has 0 saturated carbocycles. The first kappa shape index (κ1) is 19.0. The summed E-state index contributed by atoms with van der Waals surface area (Å²) in [6.07, 6.45) is 2.91. The molecule has 0 aliphatic rings. The molecule has 2 aromatic carbocycles. The highest BCUT2D eigenvalue weighted by molar-refractivity contribution is 6.07. The van der Waals surface area contributed by atoms with Crippen LogP contribution in [0.5, 0.6) is 11.5 Å². The van der Waals surface area contributed by atoms with Crippen molar-refractivity contribution in [2.45, 2.75) is 6.92 Å². The minimum Gasteiger partial charge on any atom is -0.457 e. The van der Waals surface area contributed by atoms with E-state index < -0.39 is 17.5 Å². The first-order chi connectivity index (χ1) is 13.4. The average Bonchev–Trinajstić information content (AvgIpc) is 2.66. The van der Waals surface area contributed by atoms with E-state index in [-0.39, 0.29) is 11.7 Å². The van der Waals surface area contributed by atoms with Crippen LogP contribution in [-0.4, -0.2) is 16.8 Å². The molecule has 1 heterocycles. The number of nitrogens with zero attached hydrogens (tertiary/aromatic N) is 1. The topological polar surface area (TPSA) is 80.3 Å².